The Kier molecular flexibility index (Phi) is 8.12. The predicted octanol–water partition coefficient (Wildman–Crippen LogP) is 4.65. The molecule has 0 saturated carbocycles. The summed E-state index contributed by atoms with van der Waals surface area (Å²) in [6.07, 6.45) is 7.85. The third kappa shape index (κ3) is 6.40. The highest BCUT2D eigenvalue weighted by atomic mass is 35.5. The largest absolute Gasteiger partial charge is 0.492 e. The van der Waals surface area contributed by atoms with Crippen LogP contribution in [0.4, 0.5) is 0 Å². The normalized spacial score (nSPS) is 19.2. The second-order valence-electron chi connectivity index (χ2n) is 8.59. The molecule has 6 nitrogen and oxygen atoms in total. The van der Waals surface area contributed by atoms with Gasteiger partial charge in [-0.05, 0) is 81.6 Å². The Balaban J connectivity index is 1.46. The van der Waals surface area contributed by atoms with Crippen LogP contribution in [-0.2, 0) is 4.79 Å². The van der Waals surface area contributed by atoms with Crippen molar-refractivity contribution in [3.63, 3.8) is 0 Å². The predicted molar refractivity (Wildman–Crippen MR) is 132 cm³/mol. The van der Waals surface area contributed by atoms with Crippen LogP contribution in [0.25, 0.3) is 5.57 Å². The van der Waals surface area contributed by atoms with Crippen molar-refractivity contribution in [3.8, 4) is 5.75 Å². The first-order valence-electron chi connectivity index (χ1n) is 11.5. The van der Waals surface area contributed by atoms with Gasteiger partial charge in [-0.2, -0.15) is 0 Å². The zero-order valence-electron chi connectivity index (χ0n) is 18.5. The molecule has 0 unspecified atom stereocenters. The number of aromatic amines is 1. The van der Waals surface area contributed by atoms with Crippen LogP contribution in [0.2, 0.25) is 10.0 Å². The second kappa shape index (κ2) is 11.2. The minimum absolute atomic E-state index is 0.0201. The van der Waals surface area contributed by atoms with E-state index in [4.69, 9.17) is 27.9 Å². The molecule has 0 bridgehead atoms. The Morgan fingerprint density at radius 2 is 1.91 bits per heavy atom. The summed E-state index contributed by atoms with van der Waals surface area (Å²) in [5.41, 5.74) is 1.84. The minimum atomic E-state index is -0.365. The number of nitrogens with zero attached hydrogens (tertiary/aromatic N) is 1. The number of pyridine rings is 1. The van der Waals surface area contributed by atoms with Crippen LogP contribution in [0.1, 0.15) is 49.8 Å². The zero-order valence-corrected chi connectivity index (χ0v) is 20.1. The van der Waals surface area contributed by atoms with Crippen molar-refractivity contribution in [3.05, 3.63) is 68.1 Å². The first-order valence-corrected chi connectivity index (χ1v) is 12.3. The third-order valence-electron chi connectivity index (χ3n) is 6.12. The Labute approximate surface area is 203 Å². The van der Waals surface area contributed by atoms with E-state index in [9.17, 15) is 9.59 Å². The number of amides is 1. The summed E-state index contributed by atoms with van der Waals surface area (Å²) in [6.45, 7) is 4.18. The molecule has 2 fully saturated rings. The summed E-state index contributed by atoms with van der Waals surface area (Å²) in [6, 6.07) is 8.81. The lowest BCUT2D eigenvalue weighted by atomic mass is 9.99. The van der Waals surface area contributed by atoms with Crippen molar-refractivity contribution in [2.45, 2.75) is 44.6 Å². The minimum Gasteiger partial charge on any atom is -0.492 e. The number of ether oxygens (including phenoxy) is 1. The molecule has 8 heteroatoms. The highest BCUT2D eigenvalue weighted by Gasteiger charge is 2.21. The van der Waals surface area contributed by atoms with Crippen molar-refractivity contribution < 1.29 is 9.53 Å². The maximum Gasteiger partial charge on any atom is 0.267 e. The number of benzene rings is 1. The molecule has 1 amide bonds. The van der Waals surface area contributed by atoms with Gasteiger partial charge in [-0.1, -0.05) is 35.3 Å². The number of hydrogen-bond acceptors (Lipinski definition) is 4. The third-order valence-corrected chi connectivity index (χ3v) is 6.71. The molecule has 0 radical (unpaired) electrons. The first kappa shape index (κ1) is 23.9. The standard InChI is InChI=1S/C25H29Cl2N3O3/c26-20-7-8-22(29-25(20)32)19(16-18-6-10-24(31)28-18)17-5-9-23(21(27)15-17)33-14-4-3-13-30-11-1-2-12-30/h5,7-9,15-16,18H,1-4,6,10-14H2,(H,28,31)(H,29,32)/b19-16-/t18-/m1/s1. The fourth-order valence-electron chi connectivity index (χ4n) is 4.33. The molecule has 2 aromatic rings. The SMILES string of the molecule is O=C1CC[C@H](/C=C(/c2ccc(OCCCCN3CCCC3)c(Cl)c2)c2ccc(Cl)c(=O)[nH]2)N1. The van der Waals surface area contributed by atoms with Gasteiger partial charge in [0.05, 0.1) is 11.6 Å². The molecule has 4 rings (SSSR count). The van der Waals surface area contributed by atoms with Gasteiger partial charge in [0.2, 0.25) is 5.91 Å². The number of unbranched alkanes of at least 4 members (excludes halogenated alkanes) is 1. The lowest BCUT2D eigenvalue weighted by molar-refractivity contribution is -0.119. The van der Waals surface area contributed by atoms with E-state index in [1.807, 2.05) is 24.3 Å². The van der Waals surface area contributed by atoms with E-state index in [-0.39, 0.29) is 22.5 Å². The number of aromatic nitrogens is 1. The first-order chi connectivity index (χ1) is 16.0. The highest BCUT2D eigenvalue weighted by Crippen LogP contribution is 2.31. The maximum atomic E-state index is 12.1. The molecule has 176 valence electrons. The van der Waals surface area contributed by atoms with Crippen LogP contribution >= 0.6 is 23.2 Å². The number of halogens is 2. The number of hydrogen-bond donors (Lipinski definition) is 2. The zero-order chi connectivity index (χ0) is 23.2. The van der Waals surface area contributed by atoms with E-state index in [1.54, 1.807) is 12.1 Å². The van der Waals surface area contributed by atoms with Crippen molar-refractivity contribution >= 4 is 34.7 Å². The molecule has 2 aliphatic heterocycles. The second-order valence-corrected chi connectivity index (χ2v) is 9.41. The van der Waals surface area contributed by atoms with E-state index < -0.39 is 0 Å². The number of rotatable bonds is 9. The van der Waals surface area contributed by atoms with E-state index >= 15 is 0 Å². The van der Waals surface area contributed by atoms with Gasteiger partial charge in [0, 0.05) is 23.7 Å². The van der Waals surface area contributed by atoms with Crippen molar-refractivity contribution in [1.29, 1.82) is 0 Å². The number of likely N-dealkylation sites (tertiary alicyclic amines) is 1. The quantitative estimate of drug-likeness (QED) is 0.502. The van der Waals surface area contributed by atoms with Crippen molar-refractivity contribution in [2.24, 2.45) is 0 Å². The van der Waals surface area contributed by atoms with Gasteiger partial charge in [0.1, 0.15) is 10.8 Å². The molecule has 0 aliphatic carbocycles. The summed E-state index contributed by atoms with van der Waals surface area (Å²) in [7, 11) is 0. The summed E-state index contributed by atoms with van der Waals surface area (Å²) in [4.78, 5) is 29.1. The van der Waals surface area contributed by atoms with Crippen LogP contribution in [0.5, 0.6) is 5.75 Å². The molecular weight excluding hydrogens is 461 g/mol. The molecule has 0 spiro atoms. The van der Waals surface area contributed by atoms with Crippen LogP contribution in [0.3, 0.4) is 0 Å². The molecule has 3 heterocycles. The topological polar surface area (TPSA) is 74.4 Å². The fraction of sp³-hybridized carbons (Fsp3) is 0.440. The fourth-order valence-corrected chi connectivity index (χ4v) is 4.67. The summed E-state index contributed by atoms with van der Waals surface area (Å²) in [5, 5.41) is 3.57. The Bertz CT molecular complexity index is 1080. The van der Waals surface area contributed by atoms with Crippen LogP contribution < -0.4 is 15.6 Å². The van der Waals surface area contributed by atoms with E-state index in [0.717, 1.165) is 30.5 Å². The smallest absolute Gasteiger partial charge is 0.267 e. The molecule has 1 aromatic heterocycles. The average Bonchev–Trinajstić information content (AvgIpc) is 3.46. The number of nitrogens with one attached hydrogen (secondary N) is 2. The van der Waals surface area contributed by atoms with Gasteiger partial charge >= 0.3 is 0 Å². The van der Waals surface area contributed by atoms with Gasteiger partial charge in [-0.3, -0.25) is 9.59 Å². The molecule has 1 aromatic carbocycles. The Hall–Kier alpha value is -2.28. The van der Waals surface area contributed by atoms with Gasteiger partial charge in [0.25, 0.3) is 5.56 Å². The molecule has 1 atom stereocenters. The van der Waals surface area contributed by atoms with Crippen LogP contribution in [0.15, 0.2) is 41.2 Å². The lowest BCUT2D eigenvalue weighted by Gasteiger charge is -2.15. The molecule has 2 saturated heterocycles. The van der Waals surface area contributed by atoms with Crippen molar-refractivity contribution in [2.75, 3.05) is 26.2 Å². The van der Waals surface area contributed by atoms with Gasteiger partial charge in [0.15, 0.2) is 0 Å². The summed E-state index contributed by atoms with van der Waals surface area (Å²) < 4.78 is 5.92. The Morgan fingerprint density at radius 1 is 1.09 bits per heavy atom. The number of carbonyl (C=O) groups excluding carboxylic acids is 1. The number of carbonyl (C=O) groups is 1. The molecule has 2 N–H and O–H groups in total. The van der Waals surface area contributed by atoms with Gasteiger partial charge < -0.3 is 19.9 Å². The lowest BCUT2D eigenvalue weighted by Crippen LogP contribution is -2.23. The van der Waals surface area contributed by atoms with Crippen LogP contribution in [0, 0.1) is 0 Å². The maximum absolute atomic E-state index is 12.1. The Morgan fingerprint density at radius 3 is 2.61 bits per heavy atom. The molecule has 2 aliphatic rings. The van der Waals surface area contributed by atoms with Gasteiger partial charge in [-0.15, -0.1) is 0 Å². The van der Waals surface area contributed by atoms with E-state index in [1.165, 1.54) is 25.9 Å². The monoisotopic (exact) mass is 489 g/mol. The molecular formula is C25H29Cl2N3O3. The molecule has 33 heavy (non-hydrogen) atoms. The highest BCUT2D eigenvalue weighted by molar-refractivity contribution is 6.32. The van der Waals surface area contributed by atoms with Gasteiger partial charge in [-0.25, -0.2) is 0 Å². The van der Waals surface area contributed by atoms with E-state index in [2.05, 4.69) is 15.2 Å². The number of H-pyrrole nitrogens is 1. The van der Waals surface area contributed by atoms with Crippen LogP contribution in [-0.4, -0.2) is 48.1 Å². The van der Waals surface area contributed by atoms with Crippen molar-refractivity contribution in [1.82, 2.24) is 15.2 Å². The van der Waals surface area contributed by atoms with E-state index in [0.29, 0.717) is 35.9 Å². The average molecular weight is 490 g/mol. The summed E-state index contributed by atoms with van der Waals surface area (Å²) >= 11 is 12.5. The summed E-state index contributed by atoms with van der Waals surface area (Å²) in [5.74, 6) is 0.659.